The van der Waals surface area contributed by atoms with Crippen molar-refractivity contribution in [1.82, 2.24) is 5.32 Å². The SMILES string of the molecule is CC(=O)Nc1cc(NC(C)=O)cc(C(=O)OCC(=O)NC(C)c2ccc(Cl)cc2Cl)c1. The van der Waals surface area contributed by atoms with Gasteiger partial charge in [-0.25, -0.2) is 4.79 Å². The second kappa shape index (κ2) is 10.8. The molecule has 0 heterocycles. The van der Waals surface area contributed by atoms with Crippen molar-refractivity contribution in [3.8, 4) is 0 Å². The van der Waals surface area contributed by atoms with Gasteiger partial charge in [-0.1, -0.05) is 29.3 Å². The summed E-state index contributed by atoms with van der Waals surface area (Å²) < 4.78 is 5.07. The molecule has 0 bridgehead atoms. The van der Waals surface area contributed by atoms with Crippen molar-refractivity contribution >= 4 is 58.3 Å². The van der Waals surface area contributed by atoms with E-state index in [0.717, 1.165) is 0 Å². The highest BCUT2D eigenvalue weighted by Crippen LogP contribution is 2.26. The van der Waals surface area contributed by atoms with E-state index in [-0.39, 0.29) is 17.4 Å². The third kappa shape index (κ3) is 7.58. The second-order valence-electron chi connectivity index (χ2n) is 6.69. The highest BCUT2D eigenvalue weighted by atomic mass is 35.5. The van der Waals surface area contributed by atoms with E-state index in [1.807, 2.05) is 0 Å². The quantitative estimate of drug-likeness (QED) is 0.535. The van der Waals surface area contributed by atoms with E-state index in [0.29, 0.717) is 27.0 Å². The van der Waals surface area contributed by atoms with E-state index in [1.165, 1.54) is 32.0 Å². The first kappa shape index (κ1) is 24.2. The summed E-state index contributed by atoms with van der Waals surface area (Å²) in [6.07, 6.45) is 0. The van der Waals surface area contributed by atoms with Crippen LogP contribution in [0.15, 0.2) is 36.4 Å². The number of halogens is 2. The molecule has 2 rings (SSSR count). The number of nitrogens with one attached hydrogen (secondary N) is 3. The maximum atomic E-state index is 12.4. The van der Waals surface area contributed by atoms with Crippen LogP contribution >= 0.6 is 23.2 Å². The molecule has 8 nitrogen and oxygen atoms in total. The summed E-state index contributed by atoms with van der Waals surface area (Å²) in [4.78, 5) is 47.2. The highest BCUT2D eigenvalue weighted by molar-refractivity contribution is 6.35. The predicted molar refractivity (Wildman–Crippen MR) is 118 cm³/mol. The molecule has 2 aromatic carbocycles. The molecule has 164 valence electrons. The van der Waals surface area contributed by atoms with Crippen molar-refractivity contribution in [1.29, 1.82) is 0 Å². The Morgan fingerprint density at radius 3 is 2.03 bits per heavy atom. The molecule has 0 spiro atoms. The first-order chi connectivity index (χ1) is 14.5. The van der Waals surface area contributed by atoms with Gasteiger partial charge in [0.05, 0.1) is 11.6 Å². The number of ether oxygens (including phenoxy) is 1. The molecule has 0 aliphatic heterocycles. The summed E-state index contributed by atoms with van der Waals surface area (Å²) in [5.74, 6) is -2.04. The average molecular weight is 466 g/mol. The maximum Gasteiger partial charge on any atom is 0.338 e. The molecule has 0 fully saturated rings. The first-order valence-electron chi connectivity index (χ1n) is 9.17. The van der Waals surface area contributed by atoms with E-state index in [9.17, 15) is 19.2 Å². The Kier molecular flexibility index (Phi) is 8.41. The van der Waals surface area contributed by atoms with Crippen molar-refractivity contribution in [2.24, 2.45) is 0 Å². The Bertz CT molecular complexity index is 992. The predicted octanol–water partition coefficient (Wildman–Crippen LogP) is 3.94. The summed E-state index contributed by atoms with van der Waals surface area (Å²) in [6, 6.07) is 8.72. The lowest BCUT2D eigenvalue weighted by atomic mass is 10.1. The van der Waals surface area contributed by atoms with Crippen LogP contribution in [0.5, 0.6) is 0 Å². The monoisotopic (exact) mass is 465 g/mol. The molecule has 10 heteroatoms. The van der Waals surface area contributed by atoms with Crippen LogP contribution in [0, 0.1) is 0 Å². The van der Waals surface area contributed by atoms with Gasteiger partial charge in [-0.05, 0) is 42.8 Å². The summed E-state index contributed by atoms with van der Waals surface area (Å²) in [5.41, 5.74) is 1.30. The van der Waals surface area contributed by atoms with Gasteiger partial charge in [-0.15, -0.1) is 0 Å². The van der Waals surface area contributed by atoms with Crippen molar-refractivity contribution in [2.75, 3.05) is 17.2 Å². The largest absolute Gasteiger partial charge is 0.452 e. The van der Waals surface area contributed by atoms with Gasteiger partial charge in [-0.3, -0.25) is 14.4 Å². The molecular formula is C21H21Cl2N3O5. The number of benzene rings is 2. The topological polar surface area (TPSA) is 114 Å². The molecule has 0 radical (unpaired) electrons. The van der Waals surface area contributed by atoms with E-state index in [1.54, 1.807) is 25.1 Å². The van der Waals surface area contributed by atoms with Crippen molar-refractivity contribution in [3.05, 3.63) is 57.6 Å². The van der Waals surface area contributed by atoms with Gasteiger partial charge in [0.25, 0.3) is 5.91 Å². The van der Waals surface area contributed by atoms with Crippen molar-refractivity contribution < 1.29 is 23.9 Å². The Balaban J connectivity index is 2.04. The summed E-state index contributed by atoms with van der Waals surface area (Å²) in [7, 11) is 0. The standard InChI is InChI=1S/C21H21Cl2N3O5/c1-11(18-5-4-15(22)8-19(18)23)24-20(29)10-31-21(30)14-6-16(25-12(2)27)9-17(7-14)26-13(3)28/h4-9,11H,10H2,1-3H3,(H,24,29)(H,25,27)(H,26,28). The molecule has 0 saturated carbocycles. The Morgan fingerprint density at radius 2 is 1.52 bits per heavy atom. The molecule has 1 unspecified atom stereocenters. The molecule has 31 heavy (non-hydrogen) atoms. The maximum absolute atomic E-state index is 12.4. The van der Waals surface area contributed by atoms with Gasteiger partial charge in [-0.2, -0.15) is 0 Å². The summed E-state index contributed by atoms with van der Waals surface area (Å²) >= 11 is 12.0. The van der Waals surface area contributed by atoms with Crippen molar-refractivity contribution in [2.45, 2.75) is 26.8 Å². The number of carbonyl (C=O) groups is 4. The Labute approximate surface area is 189 Å². The number of hydrogen-bond acceptors (Lipinski definition) is 5. The fraction of sp³-hybridized carbons (Fsp3) is 0.238. The van der Waals surface area contributed by atoms with Crippen molar-refractivity contribution in [3.63, 3.8) is 0 Å². The van der Waals surface area contributed by atoms with E-state index < -0.39 is 24.5 Å². The Morgan fingerprint density at radius 1 is 0.935 bits per heavy atom. The lowest BCUT2D eigenvalue weighted by Gasteiger charge is -2.16. The van der Waals surface area contributed by atoms with Crippen LogP contribution in [0.2, 0.25) is 10.0 Å². The summed E-state index contributed by atoms with van der Waals surface area (Å²) in [6.45, 7) is 3.81. The smallest absolute Gasteiger partial charge is 0.338 e. The lowest BCUT2D eigenvalue weighted by molar-refractivity contribution is -0.125. The number of amides is 3. The fourth-order valence-corrected chi connectivity index (χ4v) is 3.30. The Hall–Kier alpha value is -3.10. The third-order valence-electron chi connectivity index (χ3n) is 3.95. The fourth-order valence-electron chi connectivity index (χ4n) is 2.72. The molecule has 0 saturated heterocycles. The zero-order chi connectivity index (χ0) is 23.1. The third-order valence-corrected chi connectivity index (χ3v) is 4.51. The van der Waals surface area contributed by atoms with Gasteiger partial charge < -0.3 is 20.7 Å². The number of anilines is 2. The second-order valence-corrected chi connectivity index (χ2v) is 7.54. The molecule has 3 N–H and O–H groups in total. The molecule has 0 aromatic heterocycles. The molecule has 2 aromatic rings. The zero-order valence-electron chi connectivity index (χ0n) is 17.0. The van der Waals surface area contributed by atoms with Crippen LogP contribution in [0.3, 0.4) is 0 Å². The van der Waals surface area contributed by atoms with E-state index >= 15 is 0 Å². The molecule has 3 amide bonds. The minimum Gasteiger partial charge on any atom is -0.452 e. The average Bonchev–Trinajstić information content (AvgIpc) is 2.64. The van der Waals surface area contributed by atoms with Gasteiger partial charge in [0, 0.05) is 35.3 Å². The molecule has 1 atom stereocenters. The number of carbonyl (C=O) groups excluding carboxylic acids is 4. The van der Waals surface area contributed by atoms with Gasteiger partial charge in [0.15, 0.2) is 6.61 Å². The molecule has 0 aliphatic rings. The van der Waals surface area contributed by atoms with Gasteiger partial charge in [0.2, 0.25) is 11.8 Å². The lowest BCUT2D eigenvalue weighted by Crippen LogP contribution is -2.31. The number of hydrogen-bond donors (Lipinski definition) is 3. The van der Waals surface area contributed by atoms with Crippen LogP contribution in [0.4, 0.5) is 11.4 Å². The number of esters is 1. The zero-order valence-corrected chi connectivity index (χ0v) is 18.6. The van der Waals surface area contributed by atoms with Gasteiger partial charge in [0.1, 0.15) is 0 Å². The van der Waals surface area contributed by atoms with E-state index in [4.69, 9.17) is 27.9 Å². The highest BCUT2D eigenvalue weighted by Gasteiger charge is 2.16. The van der Waals surface area contributed by atoms with Crippen LogP contribution in [0.25, 0.3) is 0 Å². The van der Waals surface area contributed by atoms with Crippen LogP contribution in [-0.2, 0) is 19.1 Å². The van der Waals surface area contributed by atoms with Crippen LogP contribution in [-0.4, -0.2) is 30.3 Å². The minimum absolute atomic E-state index is 0.0524. The number of rotatable bonds is 7. The van der Waals surface area contributed by atoms with E-state index in [2.05, 4.69) is 16.0 Å². The summed E-state index contributed by atoms with van der Waals surface area (Å²) in [5, 5.41) is 8.62. The minimum atomic E-state index is -0.800. The molecular weight excluding hydrogens is 445 g/mol. The first-order valence-corrected chi connectivity index (χ1v) is 9.92. The van der Waals surface area contributed by atoms with Crippen LogP contribution < -0.4 is 16.0 Å². The van der Waals surface area contributed by atoms with Crippen LogP contribution in [0.1, 0.15) is 42.7 Å². The van der Waals surface area contributed by atoms with Gasteiger partial charge >= 0.3 is 5.97 Å². The normalized spacial score (nSPS) is 11.3. The molecule has 0 aliphatic carbocycles.